The third-order valence-corrected chi connectivity index (χ3v) is 2.06. The molecule has 0 aromatic carbocycles. The smallest absolute Gasteiger partial charge is 0.0659 e. The van der Waals surface area contributed by atoms with E-state index >= 15 is 0 Å². The highest BCUT2D eigenvalue weighted by Gasteiger charge is 2.05. The average Bonchev–Trinajstić information content (AvgIpc) is 2.29. The molecule has 14 heavy (non-hydrogen) atoms. The first kappa shape index (κ1) is 9.15. The number of ether oxygens (including phenoxy) is 1. The Balaban J connectivity index is 1.93. The summed E-state index contributed by atoms with van der Waals surface area (Å²) in [7, 11) is 0. The van der Waals surface area contributed by atoms with Crippen LogP contribution in [0.2, 0.25) is 0 Å². The van der Waals surface area contributed by atoms with Crippen molar-refractivity contribution < 1.29 is 4.74 Å². The number of pyridine rings is 1. The summed E-state index contributed by atoms with van der Waals surface area (Å²) in [5.74, 6) is 0. The molecule has 4 heteroatoms. The summed E-state index contributed by atoms with van der Waals surface area (Å²) in [4.78, 5) is 3.94. The molecule has 0 spiro atoms. The molecule has 1 saturated heterocycles. The van der Waals surface area contributed by atoms with Gasteiger partial charge in [0.2, 0.25) is 0 Å². The molecule has 1 aliphatic heterocycles. The number of hydrogen-bond donors (Lipinski definition) is 0. The van der Waals surface area contributed by atoms with E-state index in [9.17, 15) is 0 Å². The monoisotopic (exact) mass is 191 g/mol. The lowest BCUT2D eigenvalue weighted by atomic mass is 10.3. The predicted molar refractivity (Wildman–Crippen MR) is 54.2 cm³/mol. The van der Waals surface area contributed by atoms with Gasteiger partial charge >= 0.3 is 0 Å². The van der Waals surface area contributed by atoms with Crippen molar-refractivity contribution in [3.8, 4) is 0 Å². The number of aromatic nitrogens is 1. The van der Waals surface area contributed by atoms with Gasteiger partial charge in [0.15, 0.2) is 0 Å². The number of hydrazone groups is 1. The molecular weight excluding hydrogens is 178 g/mol. The van der Waals surface area contributed by atoms with Crippen molar-refractivity contribution in [1.29, 1.82) is 0 Å². The fourth-order valence-corrected chi connectivity index (χ4v) is 1.27. The van der Waals surface area contributed by atoms with Crippen LogP contribution in [0.4, 0.5) is 0 Å². The second-order valence-electron chi connectivity index (χ2n) is 3.09. The summed E-state index contributed by atoms with van der Waals surface area (Å²) >= 11 is 0. The van der Waals surface area contributed by atoms with Gasteiger partial charge in [0.1, 0.15) is 0 Å². The SMILES string of the molecule is C(=NN1CCOCC1)c1ccncc1. The highest BCUT2D eigenvalue weighted by Crippen LogP contribution is 1.98. The Bertz CT molecular complexity index is 293. The molecule has 2 rings (SSSR count). The molecule has 4 nitrogen and oxygen atoms in total. The highest BCUT2D eigenvalue weighted by atomic mass is 16.5. The van der Waals surface area contributed by atoms with Gasteiger partial charge in [-0.3, -0.25) is 9.99 Å². The van der Waals surface area contributed by atoms with E-state index < -0.39 is 0 Å². The number of nitrogens with zero attached hydrogens (tertiary/aromatic N) is 3. The molecule has 1 aromatic rings. The first-order valence-corrected chi connectivity index (χ1v) is 4.72. The number of hydrogen-bond acceptors (Lipinski definition) is 4. The third-order valence-electron chi connectivity index (χ3n) is 2.06. The largest absolute Gasteiger partial charge is 0.378 e. The van der Waals surface area contributed by atoms with E-state index in [0.29, 0.717) is 0 Å². The Morgan fingerprint density at radius 3 is 2.71 bits per heavy atom. The molecule has 0 radical (unpaired) electrons. The molecule has 1 aromatic heterocycles. The molecule has 0 amide bonds. The van der Waals surface area contributed by atoms with E-state index in [4.69, 9.17) is 4.74 Å². The van der Waals surface area contributed by atoms with Crippen molar-refractivity contribution in [3.05, 3.63) is 30.1 Å². The zero-order valence-corrected chi connectivity index (χ0v) is 7.97. The summed E-state index contributed by atoms with van der Waals surface area (Å²) in [5.41, 5.74) is 1.08. The van der Waals surface area contributed by atoms with Crippen molar-refractivity contribution in [1.82, 2.24) is 9.99 Å². The van der Waals surface area contributed by atoms with Crippen LogP contribution in [-0.4, -0.2) is 42.5 Å². The van der Waals surface area contributed by atoms with Crippen LogP contribution >= 0.6 is 0 Å². The first-order chi connectivity index (χ1) is 6.95. The van der Waals surface area contributed by atoms with E-state index in [2.05, 4.69) is 10.1 Å². The Morgan fingerprint density at radius 2 is 2.00 bits per heavy atom. The van der Waals surface area contributed by atoms with E-state index in [0.717, 1.165) is 31.9 Å². The Labute approximate surface area is 83.2 Å². The summed E-state index contributed by atoms with van der Waals surface area (Å²) in [6.07, 6.45) is 5.38. The van der Waals surface area contributed by atoms with E-state index in [1.807, 2.05) is 23.4 Å². The van der Waals surface area contributed by atoms with Crippen LogP contribution < -0.4 is 0 Å². The van der Waals surface area contributed by atoms with Crippen LogP contribution in [0, 0.1) is 0 Å². The zero-order valence-electron chi connectivity index (χ0n) is 7.97. The molecule has 0 bridgehead atoms. The van der Waals surface area contributed by atoms with Crippen LogP contribution in [0.1, 0.15) is 5.56 Å². The fourth-order valence-electron chi connectivity index (χ4n) is 1.27. The van der Waals surface area contributed by atoms with Crippen molar-refractivity contribution in [3.63, 3.8) is 0 Å². The van der Waals surface area contributed by atoms with E-state index in [-0.39, 0.29) is 0 Å². The van der Waals surface area contributed by atoms with Gasteiger partial charge in [0, 0.05) is 12.4 Å². The number of morpholine rings is 1. The Hall–Kier alpha value is -1.42. The standard InChI is InChI=1S/C10H13N3O/c1-3-11-4-2-10(1)9-12-13-5-7-14-8-6-13/h1-4,9H,5-8H2. The minimum Gasteiger partial charge on any atom is -0.378 e. The lowest BCUT2D eigenvalue weighted by molar-refractivity contribution is 0.0397. The van der Waals surface area contributed by atoms with Crippen molar-refractivity contribution >= 4 is 6.21 Å². The van der Waals surface area contributed by atoms with Gasteiger partial charge in [0.25, 0.3) is 0 Å². The van der Waals surface area contributed by atoms with Crippen molar-refractivity contribution in [2.24, 2.45) is 5.10 Å². The van der Waals surface area contributed by atoms with Crippen LogP contribution in [0.15, 0.2) is 29.6 Å². The maximum absolute atomic E-state index is 5.23. The topological polar surface area (TPSA) is 37.7 Å². The van der Waals surface area contributed by atoms with Gasteiger partial charge in [-0.15, -0.1) is 0 Å². The van der Waals surface area contributed by atoms with E-state index in [1.54, 1.807) is 12.4 Å². The van der Waals surface area contributed by atoms with E-state index in [1.165, 1.54) is 0 Å². The third kappa shape index (κ3) is 2.53. The number of rotatable bonds is 2. The molecule has 0 N–H and O–H groups in total. The molecule has 1 aliphatic rings. The van der Waals surface area contributed by atoms with Gasteiger partial charge in [0.05, 0.1) is 32.5 Å². The molecule has 0 atom stereocenters. The maximum atomic E-state index is 5.23. The molecule has 0 aliphatic carbocycles. The van der Waals surface area contributed by atoms with Crippen molar-refractivity contribution in [2.45, 2.75) is 0 Å². The molecule has 2 heterocycles. The minimum atomic E-state index is 0.772. The molecule has 0 unspecified atom stereocenters. The predicted octanol–water partition coefficient (Wildman–Crippen LogP) is 0.748. The summed E-state index contributed by atoms with van der Waals surface area (Å²) < 4.78 is 5.23. The lowest BCUT2D eigenvalue weighted by Gasteiger charge is -2.23. The van der Waals surface area contributed by atoms with Crippen LogP contribution in [-0.2, 0) is 4.74 Å². The minimum absolute atomic E-state index is 0.772. The van der Waals surface area contributed by atoms with Gasteiger partial charge < -0.3 is 4.74 Å². The van der Waals surface area contributed by atoms with Gasteiger partial charge in [-0.2, -0.15) is 5.10 Å². The van der Waals surface area contributed by atoms with Gasteiger partial charge in [-0.25, -0.2) is 0 Å². The Kier molecular flexibility index (Phi) is 3.08. The normalized spacial score (nSPS) is 17.6. The molecule has 0 saturated carbocycles. The van der Waals surface area contributed by atoms with Crippen LogP contribution in [0.5, 0.6) is 0 Å². The molecule has 74 valence electrons. The highest BCUT2D eigenvalue weighted by molar-refractivity contribution is 5.78. The second-order valence-corrected chi connectivity index (χ2v) is 3.09. The first-order valence-electron chi connectivity index (χ1n) is 4.72. The lowest BCUT2D eigenvalue weighted by Crippen LogP contribution is -2.32. The second kappa shape index (κ2) is 4.72. The van der Waals surface area contributed by atoms with Gasteiger partial charge in [-0.05, 0) is 17.7 Å². The van der Waals surface area contributed by atoms with Crippen LogP contribution in [0.3, 0.4) is 0 Å². The quantitative estimate of drug-likeness (QED) is 0.647. The molecule has 1 fully saturated rings. The summed E-state index contributed by atoms with van der Waals surface area (Å²) in [6.45, 7) is 3.30. The van der Waals surface area contributed by atoms with Gasteiger partial charge in [-0.1, -0.05) is 0 Å². The summed E-state index contributed by atoms with van der Waals surface area (Å²) in [5, 5.41) is 6.37. The molecular formula is C10H13N3O. The van der Waals surface area contributed by atoms with Crippen molar-refractivity contribution in [2.75, 3.05) is 26.3 Å². The summed E-state index contributed by atoms with van der Waals surface area (Å²) in [6, 6.07) is 3.87. The Morgan fingerprint density at radius 1 is 1.29 bits per heavy atom. The van der Waals surface area contributed by atoms with Crippen LogP contribution in [0.25, 0.3) is 0 Å². The maximum Gasteiger partial charge on any atom is 0.0659 e. The average molecular weight is 191 g/mol. The zero-order chi connectivity index (χ0) is 9.64. The fraction of sp³-hybridized carbons (Fsp3) is 0.400.